The maximum Gasteiger partial charge on any atom is 0.0469 e. The van der Waals surface area contributed by atoms with Gasteiger partial charge < -0.3 is 0 Å². The van der Waals surface area contributed by atoms with Gasteiger partial charge in [0.15, 0.2) is 0 Å². The second kappa shape index (κ2) is 7.49. The van der Waals surface area contributed by atoms with Crippen molar-refractivity contribution in [1.82, 2.24) is 4.90 Å². The van der Waals surface area contributed by atoms with Gasteiger partial charge in [-0.2, -0.15) is 0 Å². The molecule has 0 saturated carbocycles. The number of rotatable bonds is 5. The number of benzene rings is 1. The summed E-state index contributed by atoms with van der Waals surface area (Å²) in [6, 6.07) is 11.0. The highest BCUT2D eigenvalue weighted by Gasteiger charge is 2.35. The summed E-state index contributed by atoms with van der Waals surface area (Å²) < 4.78 is 0. The fourth-order valence-corrected chi connectivity index (χ4v) is 4.09. The topological polar surface area (TPSA) is 3.24 Å². The van der Waals surface area contributed by atoms with Gasteiger partial charge in [-0.15, -0.1) is 0 Å². The maximum absolute atomic E-state index is 2.75. The van der Waals surface area contributed by atoms with E-state index in [0.29, 0.717) is 0 Å². The average Bonchev–Trinajstić information content (AvgIpc) is 2.58. The van der Waals surface area contributed by atoms with Crippen molar-refractivity contribution in [1.29, 1.82) is 0 Å². The molecule has 0 spiro atoms. The van der Waals surface area contributed by atoms with Gasteiger partial charge in [0.2, 0.25) is 0 Å². The van der Waals surface area contributed by atoms with Crippen molar-refractivity contribution in [3.8, 4) is 0 Å². The third-order valence-corrected chi connectivity index (χ3v) is 5.31. The van der Waals surface area contributed by atoms with Gasteiger partial charge in [-0.05, 0) is 56.7 Å². The quantitative estimate of drug-likeness (QED) is 0.705. The van der Waals surface area contributed by atoms with E-state index in [0.717, 1.165) is 12.3 Å². The maximum atomic E-state index is 2.75. The van der Waals surface area contributed by atoms with Crippen LogP contribution in [-0.2, 0) is 6.42 Å². The molecule has 1 heteroatoms. The normalized spacial score (nSPS) is 25.6. The molecule has 1 saturated heterocycles. The molecular weight excluding hydrogens is 278 g/mol. The summed E-state index contributed by atoms with van der Waals surface area (Å²) in [4.78, 5) is 2.75. The molecule has 1 aromatic carbocycles. The van der Waals surface area contributed by atoms with E-state index in [2.05, 4.69) is 67.3 Å². The summed E-state index contributed by atoms with van der Waals surface area (Å²) in [6.45, 7) is 7.13. The molecule has 3 rings (SSSR count). The summed E-state index contributed by atoms with van der Waals surface area (Å²) in [5.41, 5.74) is 3.19. The van der Waals surface area contributed by atoms with Crippen molar-refractivity contribution in [2.45, 2.75) is 57.9 Å². The first kappa shape index (κ1) is 16.5. The van der Waals surface area contributed by atoms with Gasteiger partial charge in [-0.1, -0.05) is 74.4 Å². The van der Waals surface area contributed by atoms with Crippen LogP contribution >= 0.6 is 0 Å². The number of hydrogen-bond donors (Lipinski definition) is 0. The second-order valence-electron chi connectivity index (χ2n) is 7.73. The van der Waals surface area contributed by atoms with E-state index in [9.17, 15) is 0 Å². The van der Waals surface area contributed by atoms with Crippen molar-refractivity contribution in [3.05, 3.63) is 59.7 Å². The highest BCUT2D eigenvalue weighted by Crippen LogP contribution is 2.34. The van der Waals surface area contributed by atoms with E-state index in [1.807, 2.05) is 0 Å². The van der Waals surface area contributed by atoms with Gasteiger partial charge >= 0.3 is 0 Å². The zero-order valence-electron chi connectivity index (χ0n) is 14.8. The lowest BCUT2D eigenvalue weighted by Gasteiger charge is -2.45. The van der Waals surface area contributed by atoms with Gasteiger partial charge in [0.1, 0.15) is 0 Å². The molecule has 0 aromatic heterocycles. The van der Waals surface area contributed by atoms with Crippen LogP contribution in [0.15, 0.2) is 54.1 Å². The molecule has 1 unspecified atom stereocenters. The smallest absolute Gasteiger partial charge is 0.0469 e. The highest BCUT2D eigenvalue weighted by atomic mass is 15.2. The van der Waals surface area contributed by atoms with Gasteiger partial charge in [0.25, 0.3) is 0 Å². The number of nitrogens with zero attached hydrogens (tertiary/aromatic N) is 1. The van der Waals surface area contributed by atoms with E-state index >= 15 is 0 Å². The first-order valence-electron chi connectivity index (χ1n) is 9.35. The Morgan fingerprint density at radius 3 is 2.39 bits per heavy atom. The minimum absolute atomic E-state index is 0.197. The van der Waals surface area contributed by atoms with Crippen molar-refractivity contribution in [3.63, 3.8) is 0 Å². The van der Waals surface area contributed by atoms with E-state index in [-0.39, 0.29) is 5.54 Å². The van der Waals surface area contributed by atoms with Crippen molar-refractivity contribution < 1.29 is 0 Å². The molecule has 1 heterocycles. The predicted octanol–water partition coefficient (Wildman–Crippen LogP) is 5.39. The Balaban J connectivity index is 1.81. The first-order chi connectivity index (χ1) is 11.2. The van der Waals surface area contributed by atoms with Crippen molar-refractivity contribution >= 4 is 0 Å². The first-order valence-corrected chi connectivity index (χ1v) is 9.35. The zero-order chi connectivity index (χ0) is 16.1. The SMILES string of the molecule is CC(C)CC1=CCC(Cc2ccccc2)(N2CCCCC2)C=C1. The van der Waals surface area contributed by atoms with Gasteiger partial charge in [-0.25, -0.2) is 0 Å². The minimum Gasteiger partial charge on any atom is -0.294 e. The fraction of sp³-hybridized carbons (Fsp3) is 0.545. The van der Waals surface area contributed by atoms with E-state index in [4.69, 9.17) is 0 Å². The zero-order valence-corrected chi connectivity index (χ0v) is 14.8. The van der Waals surface area contributed by atoms with Gasteiger partial charge in [-0.3, -0.25) is 4.90 Å². The Labute approximate surface area is 142 Å². The fourth-order valence-electron chi connectivity index (χ4n) is 4.09. The molecular formula is C22H31N. The minimum atomic E-state index is 0.197. The van der Waals surface area contributed by atoms with Crippen LogP contribution in [0.5, 0.6) is 0 Å². The van der Waals surface area contributed by atoms with Gasteiger partial charge in [0, 0.05) is 5.54 Å². The number of allylic oxidation sites excluding steroid dienone is 2. The summed E-state index contributed by atoms with van der Waals surface area (Å²) in [5.74, 6) is 0.738. The summed E-state index contributed by atoms with van der Waals surface area (Å²) in [5, 5.41) is 0. The molecule has 1 aliphatic carbocycles. The third-order valence-electron chi connectivity index (χ3n) is 5.31. The van der Waals surface area contributed by atoms with Crippen molar-refractivity contribution in [2.75, 3.05) is 13.1 Å². The lowest BCUT2D eigenvalue weighted by Crippen LogP contribution is -2.51. The summed E-state index contributed by atoms with van der Waals surface area (Å²) in [6.07, 6.45) is 15.1. The van der Waals surface area contributed by atoms with Crippen LogP contribution in [0.4, 0.5) is 0 Å². The monoisotopic (exact) mass is 309 g/mol. The summed E-state index contributed by atoms with van der Waals surface area (Å²) in [7, 11) is 0. The average molecular weight is 309 g/mol. The van der Waals surface area contributed by atoms with E-state index < -0.39 is 0 Å². The molecule has 0 radical (unpaired) electrons. The molecule has 124 valence electrons. The molecule has 1 fully saturated rings. The Morgan fingerprint density at radius 1 is 1.04 bits per heavy atom. The van der Waals surface area contributed by atoms with E-state index in [1.165, 1.54) is 56.3 Å². The lowest BCUT2D eigenvalue weighted by atomic mass is 9.79. The number of piperidine rings is 1. The molecule has 0 bridgehead atoms. The third kappa shape index (κ3) is 4.14. The predicted molar refractivity (Wildman–Crippen MR) is 99.6 cm³/mol. The van der Waals surface area contributed by atoms with Crippen LogP contribution < -0.4 is 0 Å². The molecule has 23 heavy (non-hydrogen) atoms. The Morgan fingerprint density at radius 2 is 1.78 bits per heavy atom. The van der Waals surface area contributed by atoms with Crippen LogP contribution in [0.3, 0.4) is 0 Å². The molecule has 1 atom stereocenters. The van der Waals surface area contributed by atoms with Gasteiger partial charge in [0.05, 0.1) is 0 Å². The molecule has 1 aliphatic heterocycles. The lowest BCUT2D eigenvalue weighted by molar-refractivity contribution is 0.104. The Kier molecular flexibility index (Phi) is 5.38. The van der Waals surface area contributed by atoms with Crippen LogP contribution in [0.2, 0.25) is 0 Å². The van der Waals surface area contributed by atoms with Crippen LogP contribution in [0.1, 0.15) is 51.5 Å². The molecule has 0 amide bonds. The highest BCUT2D eigenvalue weighted by molar-refractivity contribution is 5.33. The largest absolute Gasteiger partial charge is 0.294 e. The Bertz CT molecular complexity index is 549. The van der Waals surface area contributed by atoms with Crippen molar-refractivity contribution in [2.24, 2.45) is 5.92 Å². The molecule has 1 aromatic rings. The summed E-state index contributed by atoms with van der Waals surface area (Å²) >= 11 is 0. The number of hydrogen-bond acceptors (Lipinski definition) is 1. The molecule has 1 nitrogen and oxygen atoms in total. The second-order valence-corrected chi connectivity index (χ2v) is 7.73. The van der Waals surface area contributed by atoms with E-state index in [1.54, 1.807) is 0 Å². The van der Waals surface area contributed by atoms with Crippen LogP contribution in [0.25, 0.3) is 0 Å². The van der Waals surface area contributed by atoms with Crippen LogP contribution in [-0.4, -0.2) is 23.5 Å². The molecule has 0 N–H and O–H groups in total. The van der Waals surface area contributed by atoms with Crippen LogP contribution in [0, 0.1) is 5.92 Å². The standard InChI is InChI=1S/C22H31N/c1-19(2)17-20-11-13-22(14-12-20,23-15-7-4-8-16-23)18-21-9-5-3-6-10-21/h3,5-6,9-13,19H,4,7-8,14-18H2,1-2H3. The number of likely N-dealkylation sites (tertiary alicyclic amines) is 1. The molecule has 2 aliphatic rings. The Hall–Kier alpha value is -1.34.